The molecule has 6 N–H and O–H groups in total. The molecule has 1 fully saturated rings. The molecule has 7 atom stereocenters. The molecule has 0 aromatic rings. The fourth-order valence-electron chi connectivity index (χ4n) is 4.51. The van der Waals surface area contributed by atoms with Crippen LogP contribution in [-0.2, 0) is 14.3 Å². The highest BCUT2D eigenvalue weighted by atomic mass is 16.7. The van der Waals surface area contributed by atoms with Gasteiger partial charge in [0.1, 0.15) is 24.4 Å². The van der Waals surface area contributed by atoms with Crippen molar-refractivity contribution in [2.45, 2.75) is 147 Å². The van der Waals surface area contributed by atoms with Crippen LogP contribution in [0.1, 0.15) is 104 Å². The lowest BCUT2D eigenvalue weighted by Crippen LogP contribution is -2.60. The molecule has 41 heavy (non-hydrogen) atoms. The van der Waals surface area contributed by atoms with Gasteiger partial charge in [0, 0.05) is 6.42 Å². The highest BCUT2D eigenvalue weighted by Crippen LogP contribution is 2.22. The molecule has 0 spiro atoms. The third-order valence-electron chi connectivity index (χ3n) is 7.17. The Kier molecular flexibility index (Phi) is 21.8. The number of carbonyl (C=O) groups excluding carboxylic acids is 1. The van der Waals surface area contributed by atoms with Crippen molar-refractivity contribution in [1.29, 1.82) is 0 Å². The SMILES string of the molecule is CCC/C=C/CC/C=C/C(O)C(COC1OC(CO)C(O)C(O)C1O)NC(=O)CCCCCCC/C=C\CCCC. The molecule has 7 unspecified atom stereocenters. The van der Waals surface area contributed by atoms with Gasteiger partial charge in [-0.3, -0.25) is 4.79 Å². The number of aliphatic hydroxyl groups excluding tert-OH is 5. The molecule has 0 aromatic carbocycles. The van der Waals surface area contributed by atoms with E-state index < -0.39 is 49.5 Å². The summed E-state index contributed by atoms with van der Waals surface area (Å²) >= 11 is 0. The van der Waals surface area contributed by atoms with E-state index >= 15 is 0 Å². The van der Waals surface area contributed by atoms with Gasteiger partial charge in [-0.2, -0.15) is 0 Å². The van der Waals surface area contributed by atoms with Crippen molar-refractivity contribution < 1.29 is 39.8 Å². The summed E-state index contributed by atoms with van der Waals surface area (Å²) < 4.78 is 11.0. The van der Waals surface area contributed by atoms with Crippen LogP contribution >= 0.6 is 0 Å². The summed E-state index contributed by atoms with van der Waals surface area (Å²) in [5, 5.41) is 53.3. The minimum Gasteiger partial charge on any atom is -0.394 e. The molecule has 0 radical (unpaired) electrons. The number of aliphatic hydroxyl groups is 5. The number of nitrogens with one attached hydrogen (secondary N) is 1. The van der Waals surface area contributed by atoms with Crippen LogP contribution in [0.3, 0.4) is 0 Å². The predicted molar refractivity (Wildman–Crippen MR) is 161 cm³/mol. The van der Waals surface area contributed by atoms with Gasteiger partial charge >= 0.3 is 0 Å². The largest absolute Gasteiger partial charge is 0.394 e. The Morgan fingerprint density at radius 3 is 2.15 bits per heavy atom. The fraction of sp³-hybridized carbons (Fsp3) is 0.781. The molecule has 1 aliphatic heterocycles. The maximum absolute atomic E-state index is 12.7. The number of amides is 1. The van der Waals surface area contributed by atoms with Crippen molar-refractivity contribution in [3.63, 3.8) is 0 Å². The first-order valence-electron chi connectivity index (χ1n) is 15.7. The lowest BCUT2D eigenvalue weighted by atomic mass is 9.99. The maximum Gasteiger partial charge on any atom is 0.220 e. The third kappa shape index (κ3) is 16.6. The monoisotopic (exact) mass is 583 g/mol. The van der Waals surface area contributed by atoms with E-state index in [2.05, 4.69) is 43.5 Å². The van der Waals surface area contributed by atoms with Gasteiger partial charge in [-0.15, -0.1) is 0 Å². The topological polar surface area (TPSA) is 149 Å². The average molecular weight is 584 g/mol. The number of ether oxygens (including phenoxy) is 2. The van der Waals surface area contributed by atoms with Gasteiger partial charge in [-0.05, 0) is 44.9 Å². The van der Waals surface area contributed by atoms with Gasteiger partial charge in [0.25, 0.3) is 0 Å². The zero-order chi connectivity index (χ0) is 30.3. The standard InChI is InChI=1S/C32H57NO8/c1-3-5-7-9-11-12-13-14-16-18-20-22-28(36)33-25(26(35)21-19-17-15-10-8-6-4-2)24-40-32-31(39)30(38)29(37)27(23-34)41-32/h8-11,19,21,25-27,29-32,34-35,37-39H,3-7,12-18,20,22-24H2,1-2H3,(H,33,36)/b10-8+,11-9-,21-19+. The molecule has 238 valence electrons. The van der Waals surface area contributed by atoms with Crippen LogP contribution in [0.4, 0.5) is 0 Å². The zero-order valence-corrected chi connectivity index (χ0v) is 25.3. The summed E-state index contributed by atoms with van der Waals surface area (Å²) in [5.41, 5.74) is 0. The second-order valence-corrected chi connectivity index (χ2v) is 10.9. The molecule has 1 heterocycles. The summed E-state index contributed by atoms with van der Waals surface area (Å²) in [6.07, 6.45) is 17.9. The lowest BCUT2D eigenvalue weighted by molar-refractivity contribution is -0.302. The van der Waals surface area contributed by atoms with Crippen LogP contribution in [0, 0.1) is 0 Å². The molecule has 1 rings (SSSR count). The Morgan fingerprint density at radius 2 is 1.44 bits per heavy atom. The first-order chi connectivity index (χ1) is 19.8. The Morgan fingerprint density at radius 1 is 0.805 bits per heavy atom. The summed E-state index contributed by atoms with van der Waals surface area (Å²) in [4.78, 5) is 12.7. The molecule has 0 bridgehead atoms. The van der Waals surface area contributed by atoms with Crippen LogP contribution in [0.25, 0.3) is 0 Å². The van der Waals surface area contributed by atoms with E-state index in [9.17, 15) is 30.3 Å². The van der Waals surface area contributed by atoms with Crippen molar-refractivity contribution in [1.82, 2.24) is 5.32 Å². The average Bonchev–Trinajstić information content (AvgIpc) is 2.97. The molecular formula is C32H57NO8. The molecule has 1 amide bonds. The van der Waals surface area contributed by atoms with E-state index in [-0.39, 0.29) is 12.5 Å². The van der Waals surface area contributed by atoms with Gasteiger partial charge in [0.2, 0.25) is 5.91 Å². The predicted octanol–water partition coefficient (Wildman–Crippen LogP) is 3.82. The van der Waals surface area contributed by atoms with Gasteiger partial charge < -0.3 is 40.3 Å². The van der Waals surface area contributed by atoms with Crippen LogP contribution in [0.15, 0.2) is 36.5 Å². The van der Waals surface area contributed by atoms with E-state index in [1.807, 2.05) is 6.08 Å². The Balaban J connectivity index is 2.56. The van der Waals surface area contributed by atoms with Crippen LogP contribution < -0.4 is 5.32 Å². The highest BCUT2D eigenvalue weighted by molar-refractivity contribution is 5.76. The van der Waals surface area contributed by atoms with Crippen LogP contribution in [-0.4, -0.2) is 87.5 Å². The number of carbonyl (C=O) groups is 1. The Hall–Kier alpha value is -1.59. The van der Waals surface area contributed by atoms with E-state index in [1.165, 1.54) is 12.8 Å². The normalized spacial score (nSPS) is 24.9. The third-order valence-corrected chi connectivity index (χ3v) is 7.17. The van der Waals surface area contributed by atoms with Crippen molar-refractivity contribution in [2.24, 2.45) is 0 Å². The lowest BCUT2D eigenvalue weighted by Gasteiger charge is -2.40. The molecule has 9 heteroatoms. The minimum atomic E-state index is -1.57. The number of hydrogen-bond donors (Lipinski definition) is 6. The second kappa shape index (κ2) is 23.9. The van der Waals surface area contributed by atoms with Gasteiger partial charge in [-0.1, -0.05) is 88.8 Å². The van der Waals surface area contributed by atoms with E-state index in [0.717, 1.165) is 70.6 Å². The second-order valence-electron chi connectivity index (χ2n) is 10.9. The number of unbranched alkanes of at least 4 members (excludes halogenated alkanes) is 9. The minimum absolute atomic E-state index is 0.206. The maximum atomic E-state index is 12.7. The van der Waals surface area contributed by atoms with E-state index in [4.69, 9.17) is 9.47 Å². The summed E-state index contributed by atoms with van der Waals surface area (Å²) in [6.45, 7) is 3.54. The van der Waals surface area contributed by atoms with Gasteiger partial charge in [0.15, 0.2) is 6.29 Å². The molecule has 0 saturated carbocycles. The molecule has 1 aliphatic rings. The molecule has 0 aromatic heterocycles. The Labute approximate surface area is 247 Å². The van der Waals surface area contributed by atoms with Crippen molar-refractivity contribution in [3.05, 3.63) is 36.5 Å². The Bertz CT molecular complexity index is 741. The van der Waals surface area contributed by atoms with Crippen molar-refractivity contribution >= 4 is 5.91 Å². The van der Waals surface area contributed by atoms with Gasteiger partial charge in [0.05, 0.1) is 25.4 Å². The number of rotatable bonds is 23. The quantitative estimate of drug-likeness (QED) is 0.0786. The van der Waals surface area contributed by atoms with Crippen molar-refractivity contribution in [2.75, 3.05) is 13.2 Å². The van der Waals surface area contributed by atoms with Crippen LogP contribution in [0.2, 0.25) is 0 Å². The van der Waals surface area contributed by atoms with E-state index in [0.29, 0.717) is 6.42 Å². The smallest absolute Gasteiger partial charge is 0.220 e. The molecule has 9 nitrogen and oxygen atoms in total. The number of hydrogen-bond acceptors (Lipinski definition) is 8. The fourth-order valence-corrected chi connectivity index (χ4v) is 4.51. The van der Waals surface area contributed by atoms with E-state index in [1.54, 1.807) is 6.08 Å². The number of allylic oxidation sites excluding steroid dienone is 5. The highest BCUT2D eigenvalue weighted by Gasteiger charge is 2.44. The molecule has 1 saturated heterocycles. The zero-order valence-electron chi connectivity index (χ0n) is 25.3. The summed E-state index contributed by atoms with van der Waals surface area (Å²) in [5.74, 6) is -0.207. The van der Waals surface area contributed by atoms with Crippen molar-refractivity contribution in [3.8, 4) is 0 Å². The van der Waals surface area contributed by atoms with Crippen LogP contribution in [0.5, 0.6) is 0 Å². The summed E-state index contributed by atoms with van der Waals surface area (Å²) in [6, 6.07) is -0.818. The first kappa shape index (κ1) is 37.4. The van der Waals surface area contributed by atoms with Gasteiger partial charge in [-0.25, -0.2) is 0 Å². The molecular weight excluding hydrogens is 526 g/mol. The summed E-state index contributed by atoms with van der Waals surface area (Å²) in [7, 11) is 0. The molecule has 0 aliphatic carbocycles. The first-order valence-corrected chi connectivity index (χ1v) is 15.7.